The Morgan fingerprint density at radius 1 is 0.800 bits per heavy atom. The number of carbonyl (C=O) groups excluding carboxylic acids is 3. The topological polar surface area (TPSA) is 60.4 Å². The summed E-state index contributed by atoms with van der Waals surface area (Å²) < 4.78 is 40.7. The average Bonchev–Trinajstić information content (AvgIpc) is 2.78. The Morgan fingerprint density at radius 3 is 1.71 bits per heavy atom. The summed E-state index contributed by atoms with van der Waals surface area (Å²) in [6.07, 6.45) is 1.94. The standard InChI is InChI=1S/C10H11F3O.C9H10O2.C8H7ClO/c1-8(10(11,12)13)6-4-3-5-7-9(2)14;1-7(10)8-5-3-4-6-9(8)11-2;1-6(10)7-4-2-3-5-8(7)9/h3-7H,1-2H3;3-6H,1-2H3;2-5H,1H3/b4-3-,7-5+,8-6+;;. The average molecular weight is 509 g/mol. The molecule has 0 atom stereocenters. The second-order valence-corrected chi connectivity index (χ2v) is 7.40. The van der Waals surface area contributed by atoms with Gasteiger partial charge in [-0.2, -0.15) is 13.2 Å². The van der Waals surface area contributed by atoms with E-state index in [2.05, 4.69) is 0 Å². The molecule has 0 saturated carbocycles. The van der Waals surface area contributed by atoms with E-state index < -0.39 is 11.7 Å². The van der Waals surface area contributed by atoms with Crippen LogP contribution in [0.15, 0.2) is 84.5 Å². The summed E-state index contributed by atoms with van der Waals surface area (Å²) in [6.45, 7) is 5.37. The van der Waals surface area contributed by atoms with E-state index in [0.29, 0.717) is 21.9 Å². The van der Waals surface area contributed by atoms with E-state index in [-0.39, 0.29) is 17.3 Å². The van der Waals surface area contributed by atoms with Gasteiger partial charge in [0.25, 0.3) is 0 Å². The van der Waals surface area contributed by atoms with Crippen LogP contribution in [-0.2, 0) is 4.79 Å². The van der Waals surface area contributed by atoms with Crippen molar-refractivity contribution in [1.29, 1.82) is 0 Å². The highest BCUT2D eigenvalue weighted by molar-refractivity contribution is 6.33. The number of benzene rings is 2. The van der Waals surface area contributed by atoms with Crippen LogP contribution in [0.3, 0.4) is 0 Å². The highest BCUT2D eigenvalue weighted by Gasteiger charge is 2.29. The first-order valence-electron chi connectivity index (χ1n) is 10.3. The first-order chi connectivity index (χ1) is 16.3. The van der Waals surface area contributed by atoms with Crippen molar-refractivity contribution in [3.8, 4) is 5.75 Å². The summed E-state index contributed by atoms with van der Waals surface area (Å²) in [6, 6.07) is 14.2. The number of allylic oxidation sites excluding steroid dienone is 6. The third-order valence-corrected chi connectivity index (χ3v) is 4.42. The fraction of sp³-hybridized carbons (Fsp3) is 0.222. The molecule has 188 valence electrons. The maximum absolute atomic E-state index is 11.9. The van der Waals surface area contributed by atoms with Crippen molar-refractivity contribution in [3.63, 3.8) is 0 Å². The molecule has 2 aromatic carbocycles. The van der Waals surface area contributed by atoms with Gasteiger partial charge in [0.05, 0.1) is 17.7 Å². The van der Waals surface area contributed by atoms with Crippen molar-refractivity contribution in [1.82, 2.24) is 0 Å². The molecule has 0 radical (unpaired) electrons. The van der Waals surface area contributed by atoms with Crippen LogP contribution < -0.4 is 4.74 Å². The normalized spacial score (nSPS) is 11.3. The molecule has 35 heavy (non-hydrogen) atoms. The van der Waals surface area contributed by atoms with Crippen LogP contribution in [0.1, 0.15) is 48.4 Å². The first kappa shape index (κ1) is 31.6. The summed E-state index contributed by atoms with van der Waals surface area (Å²) in [5.74, 6) is 0.527. The fourth-order valence-electron chi connectivity index (χ4n) is 2.23. The van der Waals surface area contributed by atoms with E-state index >= 15 is 0 Å². The maximum Gasteiger partial charge on any atom is 0.412 e. The zero-order valence-electron chi connectivity index (χ0n) is 20.2. The molecule has 0 aliphatic rings. The molecule has 8 heteroatoms. The van der Waals surface area contributed by atoms with Gasteiger partial charge in [0.1, 0.15) is 5.75 Å². The lowest BCUT2D eigenvalue weighted by molar-refractivity contribution is -0.112. The minimum Gasteiger partial charge on any atom is -0.496 e. The molecule has 2 aromatic rings. The van der Waals surface area contributed by atoms with E-state index in [1.165, 1.54) is 45.1 Å². The smallest absolute Gasteiger partial charge is 0.412 e. The second kappa shape index (κ2) is 16.2. The number of halogens is 4. The van der Waals surface area contributed by atoms with Gasteiger partial charge in [-0.05, 0) is 58.0 Å². The Hall–Kier alpha value is -3.45. The fourth-order valence-corrected chi connectivity index (χ4v) is 2.50. The van der Waals surface area contributed by atoms with Crippen molar-refractivity contribution >= 4 is 29.0 Å². The lowest BCUT2D eigenvalue weighted by atomic mass is 10.1. The zero-order chi connectivity index (χ0) is 27.0. The Morgan fingerprint density at radius 2 is 1.31 bits per heavy atom. The predicted molar refractivity (Wildman–Crippen MR) is 133 cm³/mol. The van der Waals surface area contributed by atoms with E-state index in [4.69, 9.17) is 16.3 Å². The van der Waals surface area contributed by atoms with Gasteiger partial charge in [-0.15, -0.1) is 0 Å². The number of ether oxygens (including phenoxy) is 1. The van der Waals surface area contributed by atoms with Crippen LogP contribution in [-0.4, -0.2) is 30.6 Å². The highest BCUT2D eigenvalue weighted by Crippen LogP contribution is 2.24. The quantitative estimate of drug-likeness (QED) is 0.228. The Balaban J connectivity index is 0.000000502. The molecule has 0 amide bonds. The number of hydrogen-bond acceptors (Lipinski definition) is 4. The van der Waals surface area contributed by atoms with Crippen LogP contribution in [0.4, 0.5) is 13.2 Å². The molecule has 0 aromatic heterocycles. The van der Waals surface area contributed by atoms with Gasteiger partial charge in [-0.3, -0.25) is 14.4 Å². The molecule has 0 saturated heterocycles. The summed E-state index contributed by atoms with van der Waals surface area (Å²) in [4.78, 5) is 32.1. The number of ketones is 3. The SMILES string of the molecule is CC(=O)/C=C/C=C\C=C(/C)C(F)(F)F.CC(=O)c1ccccc1Cl.COc1ccccc1C(C)=O. The molecular formula is C27H28ClF3O4. The Bertz CT molecular complexity index is 1080. The number of alkyl halides is 3. The molecule has 0 heterocycles. The van der Waals surface area contributed by atoms with Crippen LogP contribution in [0.25, 0.3) is 0 Å². The Labute approximate surface area is 208 Å². The van der Waals surface area contributed by atoms with Crippen molar-refractivity contribution < 1.29 is 32.3 Å². The summed E-state index contributed by atoms with van der Waals surface area (Å²) in [5.41, 5.74) is 0.546. The minimum atomic E-state index is -4.28. The van der Waals surface area contributed by atoms with Gasteiger partial charge in [0, 0.05) is 11.1 Å². The zero-order valence-corrected chi connectivity index (χ0v) is 20.9. The van der Waals surface area contributed by atoms with Gasteiger partial charge in [0.2, 0.25) is 0 Å². The molecule has 2 rings (SSSR count). The predicted octanol–water partition coefficient (Wildman–Crippen LogP) is 7.64. The minimum absolute atomic E-state index is 0.00519. The highest BCUT2D eigenvalue weighted by atomic mass is 35.5. The van der Waals surface area contributed by atoms with E-state index in [9.17, 15) is 27.6 Å². The molecule has 0 aliphatic carbocycles. The van der Waals surface area contributed by atoms with Crippen LogP contribution >= 0.6 is 11.6 Å². The molecule has 0 bridgehead atoms. The molecule has 0 N–H and O–H groups in total. The van der Waals surface area contributed by atoms with Crippen molar-refractivity contribution in [3.05, 3.63) is 101 Å². The van der Waals surface area contributed by atoms with Gasteiger partial charge in [0.15, 0.2) is 17.3 Å². The van der Waals surface area contributed by atoms with Crippen LogP contribution in [0, 0.1) is 0 Å². The van der Waals surface area contributed by atoms with Crippen LogP contribution in [0.2, 0.25) is 5.02 Å². The lowest BCUT2D eigenvalue weighted by Crippen LogP contribution is -2.08. The molecule has 4 nitrogen and oxygen atoms in total. The van der Waals surface area contributed by atoms with Crippen molar-refractivity contribution in [2.24, 2.45) is 0 Å². The second-order valence-electron chi connectivity index (χ2n) is 6.99. The number of carbonyl (C=O) groups is 3. The molecule has 0 unspecified atom stereocenters. The van der Waals surface area contributed by atoms with Crippen molar-refractivity contribution in [2.45, 2.75) is 33.9 Å². The number of Topliss-reactive ketones (excluding diaryl/α,β-unsaturated/α-hetero) is 2. The molecular weight excluding hydrogens is 481 g/mol. The van der Waals surface area contributed by atoms with Crippen LogP contribution in [0.5, 0.6) is 5.75 Å². The third-order valence-electron chi connectivity index (χ3n) is 4.09. The largest absolute Gasteiger partial charge is 0.496 e. The summed E-state index contributed by atoms with van der Waals surface area (Å²) in [5, 5.41) is 0.523. The molecule has 0 spiro atoms. The first-order valence-corrected chi connectivity index (χ1v) is 10.7. The Kier molecular flexibility index (Phi) is 14.6. The molecule has 0 aliphatic heterocycles. The number of para-hydroxylation sites is 1. The van der Waals surface area contributed by atoms with Gasteiger partial charge in [-0.1, -0.05) is 60.2 Å². The maximum atomic E-state index is 11.9. The monoisotopic (exact) mass is 508 g/mol. The third kappa shape index (κ3) is 13.8. The van der Waals surface area contributed by atoms with Gasteiger partial charge in [-0.25, -0.2) is 0 Å². The lowest BCUT2D eigenvalue weighted by Gasteiger charge is -2.03. The van der Waals surface area contributed by atoms with E-state index in [1.807, 2.05) is 12.1 Å². The van der Waals surface area contributed by atoms with Crippen molar-refractivity contribution in [2.75, 3.05) is 7.11 Å². The number of hydrogen-bond donors (Lipinski definition) is 0. The summed E-state index contributed by atoms with van der Waals surface area (Å²) >= 11 is 5.70. The molecule has 0 fully saturated rings. The number of methoxy groups -OCH3 is 1. The van der Waals surface area contributed by atoms with E-state index in [1.54, 1.807) is 43.5 Å². The van der Waals surface area contributed by atoms with Gasteiger partial charge >= 0.3 is 6.18 Å². The van der Waals surface area contributed by atoms with E-state index in [0.717, 1.165) is 13.0 Å². The van der Waals surface area contributed by atoms with Gasteiger partial charge < -0.3 is 4.74 Å². The summed E-state index contributed by atoms with van der Waals surface area (Å²) in [7, 11) is 1.56. The number of rotatable bonds is 6.